The molecule has 1 aliphatic rings. The van der Waals surface area contributed by atoms with Crippen LogP contribution in [0.4, 0.5) is 5.82 Å². The fourth-order valence-electron chi connectivity index (χ4n) is 2.57. The van der Waals surface area contributed by atoms with E-state index in [1.807, 2.05) is 43.3 Å². The van der Waals surface area contributed by atoms with Gasteiger partial charge in [-0.2, -0.15) is 5.10 Å². The Morgan fingerprint density at radius 3 is 2.41 bits per heavy atom. The van der Waals surface area contributed by atoms with Gasteiger partial charge in [0.1, 0.15) is 12.4 Å². The molecule has 0 aliphatic carbocycles. The van der Waals surface area contributed by atoms with Crippen LogP contribution in [-0.4, -0.2) is 54.4 Å². The van der Waals surface area contributed by atoms with E-state index >= 15 is 0 Å². The topological polar surface area (TPSA) is 41.5 Å². The molecule has 0 atom stereocenters. The van der Waals surface area contributed by atoms with Gasteiger partial charge in [-0.3, -0.25) is 4.90 Å². The Balaban J connectivity index is 1.41. The Kier molecular flexibility index (Phi) is 4.85. The van der Waals surface area contributed by atoms with Gasteiger partial charge >= 0.3 is 0 Å². The molecule has 1 aromatic heterocycles. The van der Waals surface area contributed by atoms with Crippen molar-refractivity contribution < 1.29 is 4.74 Å². The average Bonchev–Trinajstić information content (AvgIpc) is 2.57. The van der Waals surface area contributed by atoms with Crippen molar-refractivity contribution in [3.63, 3.8) is 0 Å². The minimum Gasteiger partial charge on any atom is -0.492 e. The van der Waals surface area contributed by atoms with Crippen LogP contribution in [0.2, 0.25) is 0 Å². The van der Waals surface area contributed by atoms with Gasteiger partial charge in [0.15, 0.2) is 5.82 Å². The fourth-order valence-corrected chi connectivity index (χ4v) is 2.57. The van der Waals surface area contributed by atoms with Crippen molar-refractivity contribution in [1.82, 2.24) is 15.1 Å². The van der Waals surface area contributed by atoms with Crippen molar-refractivity contribution in [2.75, 3.05) is 44.2 Å². The second-order valence-corrected chi connectivity index (χ2v) is 5.52. The standard InChI is InChI=1S/C17H22N4O/c1-15-7-8-17(19-18-15)21-11-9-20(10-12-21)13-14-22-16-5-3-2-4-6-16/h2-8H,9-14H2,1H3. The fraction of sp³-hybridized carbons (Fsp3) is 0.412. The summed E-state index contributed by atoms with van der Waals surface area (Å²) in [7, 11) is 0. The Morgan fingerprint density at radius 1 is 0.955 bits per heavy atom. The molecule has 0 spiro atoms. The number of anilines is 1. The van der Waals surface area contributed by atoms with Crippen LogP contribution in [0.15, 0.2) is 42.5 Å². The molecule has 1 aliphatic heterocycles. The molecule has 2 aromatic rings. The predicted octanol–water partition coefficient (Wildman–Crippen LogP) is 1.99. The highest BCUT2D eigenvalue weighted by Crippen LogP contribution is 2.13. The Hall–Kier alpha value is -2.14. The highest BCUT2D eigenvalue weighted by molar-refractivity contribution is 5.37. The van der Waals surface area contributed by atoms with Crippen LogP contribution >= 0.6 is 0 Å². The lowest BCUT2D eigenvalue weighted by molar-refractivity contribution is 0.200. The molecule has 0 radical (unpaired) electrons. The van der Waals surface area contributed by atoms with Crippen molar-refractivity contribution in [3.05, 3.63) is 48.2 Å². The number of ether oxygens (including phenoxy) is 1. The van der Waals surface area contributed by atoms with Crippen LogP contribution in [0.3, 0.4) is 0 Å². The van der Waals surface area contributed by atoms with Crippen molar-refractivity contribution >= 4 is 5.82 Å². The van der Waals surface area contributed by atoms with E-state index in [-0.39, 0.29) is 0 Å². The van der Waals surface area contributed by atoms with Crippen LogP contribution < -0.4 is 9.64 Å². The lowest BCUT2D eigenvalue weighted by Gasteiger charge is -2.35. The summed E-state index contributed by atoms with van der Waals surface area (Å²) in [5.41, 5.74) is 0.959. The van der Waals surface area contributed by atoms with Crippen molar-refractivity contribution in [2.45, 2.75) is 6.92 Å². The zero-order chi connectivity index (χ0) is 15.2. The van der Waals surface area contributed by atoms with Gasteiger partial charge in [0.2, 0.25) is 0 Å². The largest absolute Gasteiger partial charge is 0.492 e. The maximum absolute atomic E-state index is 5.76. The summed E-state index contributed by atoms with van der Waals surface area (Å²) in [4.78, 5) is 4.72. The third kappa shape index (κ3) is 3.95. The molecule has 1 fully saturated rings. The molecule has 0 unspecified atom stereocenters. The molecule has 2 heterocycles. The van der Waals surface area contributed by atoms with Crippen LogP contribution in [0.1, 0.15) is 5.69 Å². The SMILES string of the molecule is Cc1ccc(N2CCN(CCOc3ccccc3)CC2)nn1. The van der Waals surface area contributed by atoms with Gasteiger partial charge in [-0.05, 0) is 31.2 Å². The molecule has 1 saturated heterocycles. The maximum Gasteiger partial charge on any atom is 0.151 e. The van der Waals surface area contributed by atoms with Gasteiger partial charge < -0.3 is 9.64 Å². The van der Waals surface area contributed by atoms with E-state index in [1.54, 1.807) is 0 Å². The Bertz CT molecular complexity index is 565. The Morgan fingerprint density at radius 2 is 1.73 bits per heavy atom. The minimum absolute atomic E-state index is 0.731. The molecule has 5 heteroatoms. The number of aromatic nitrogens is 2. The number of rotatable bonds is 5. The monoisotopic (exact) mass is 298 g/mol. The first kappa shape index (κ1) is 14.8. The third-order valence-electron chi connectivity index (χ3n) is 3.90. The average molecular weight is 298 g/mol. The van der Waals surface area contributed by atoms with Gasteiger partial charge in [-0.15, -0.1) is 5.10 Å². The summed E-state index contributed by atoms with van der Waals surface area (Å²) in [6.45, 7) is 7.70. The van der Waals surface area contributed by atoms with Crippen LogP contribution in [0, 0.1) is 6.92 Å². The number of para-hydroxylation sites is 1. The number of aryl methyl sites for hydroxylation is 1. The predicted molar refractivity (Wildman–Crippen MR) is 87.4 cm³/mol. The van der Waals surface area contributed by atoms with Gasteiger partial charge in [-0.1, -0.05) is 18.2 Å². The van der Waals surface area contributed by atoms with E-state index in [0.717, 1.165) is 56.6 Å². The quantitative estimate of drug-likeness (QED) is 0.844. The first-order valence-electron chi connectivity index (χ1n) is 7.77. The summed E-state index contributed by atoms with van der Waals surface area (Å²) in [5, 5.41) is 8.39. The molecule has 0 amide bonds. The highest BCUT2D eigenvalue weighted by Gasteiger charge is 2.17. The second kappa shape index (κ2) is 7.22. The zero-order valence-electron chi connectivity index (χ0n) is 13.0. The van der Waals surface area contributed by atoms with E-state index in [2.05, 4.69) is 26.1 Å². The van der Waals surface area contributed by atoms with E-state index in [4.69, 9.17) is 4.74 Å². The van der Waals surface area contributed by atoms with Crippen molar-refractivity contribution in [1.29, 1.82) is 0 Å². The summed E-state index contributed by atoms with van der Waals surface area (Å²) < 4.78 is 5.76. The first-order chi connectivity index (χ1) is 10.8. The first-order valence-corrected chi connectivity index (χ1v) is 7.77. The summed E-state index contributed by atoms with van der Waals surface area (Å²) in [6, 6.07) is 14.0. The smallest absolute Gasteiger partial charge is 0.151 e. The molecule has 1 aromatic carbocycles. The van der Waals surface area contributed by atoms with Gasteiger partial charge in [0.05, 0.1) is 5.69 Å². The number of piperazine rings is 1. The molecular weight excluding hydrogens is 276 g/mol. The van der Waals surface area contributed by atoms with Gasteiger partial charge in [-0.25, -0.2) is 0 Å². The third-order valence-corrected chi connectivity index (χ3v) is 3.90. The van der Waals surface area contributed by atoms with Crippen LogP contribution in [0.5, 0.6) is 5.75 Å². The molecule has 0 bridgehead atoms. The lowest BCUT2D eigenvalue weighted by Crippen LogP contribution is -2.47. The zero-order valence-corrected chi connectivity index (χ0v) is 13.0. The van der Waals surface area contributed by atoms with E-state index in [9.17, 15) is 0 Å². The number of hydrogen-bond donors (Lipinski definition) is 0. The summed E-state index contributed by atoms with van der Waals surface area (Å²) in [6.07, 6.45) is 0. The number of benzene rings is 1. The Labute approximate surface area is 131 Å². The van der Waals surface area contributed by atoms with Crippen LogP contribution in [0.25, 0.3) is 0 Å². The molecule has 3 rings (SSSR count). The summed E-state index contributed by atoms with van der Waals surface area (Å²) in [5.74, 6) is 1.92. The van der Waals surface area contributed by atoms with E-state index < -0.39 is 0 Å². The van der Waals surface area contributed by atoms with Gasteiger partial charge in [0, 0.05) is 32.7 Å². The number of hydrogen-bond acceptors (Lipinski definition) is 5. The number of nitrogens with zero attached hydrogens (tertiary/aromatic N) is 4. The normalized spacial score (nSPS) is 15.8. The molecule has 116 valence electrons. The van der Waals surface area contributed by atoms with Crippen LogP contribution in [-0.2, 0) is 0 Å². The maximum atomic E-state index is 5.76. The molecule has 0 N–H and O–H groups in total. The van der Waals surface area contributed by atoms with Gasteiger partial charge in [0.25, 0.3) is 0 Å². The lowest BCUT2D eigenvalue weighted by atomic mass is 10.3. The molecule has 5 nitrogen and oxygen atoms in total. The molecule has 22 heavy (non-hydrogen) atoms. The van der Waals surface area contributed by atoms with Crippen molar-refractivity contribution in [2.24, 2.45) is 0 Å². The molecular formula is C17H22N4O. The van der Waals surface area contributed by atoms with E-state index in [1.165, 1.54) is 0 Å². The second-order valence-electron chi connectivity index (χ2n) is 5.52. The van der Waals surface area contributed by atoms with Crippen molar-refractivity contribution in [3.8, 4) is 5.75 Å². The molecule has 0 saturated carbocycles. The minimum atomic E-state index is 0.731. The highest BCUT2D eigenvalue weighted by atomic mass is 16.5. The summed E-state index contributed by atoms with van der Waals surface area (Å²) >= 11 is 0. The van der Waals surface area contributed by atoms with E-state index in [0.29, 0.717) is 0 Å².